The zero-order valence-corrected chi connectivity index (χ0v) is 13.6. The molecule has 0 radical (unpaired) electrons. The number of nitrogens with one attached hydrogen (secondary N) is 1. The fourth-order valence-corrected chi connectivity index (χ4v) is 1.82. The predicted molar refractivity (Wildman–Crippen MR) is 87.1 cm³/mol. The summed E-state index contributed by atoms with van der Waals surface area (Å²) in [5.41, 5.74) is 5.70. The number of rotatable bonds is 9. The lowest BCUT2D eigenvalue weighted by molar-refractivity contribution is -0.122. The lowest BCUT2D eigenvalue weighted by Crippen LogP contribution is -2.48. The number of carbonyl (C=O) groups is 2. The molecular weight excluding hydrogens is 280 g/mol. The van der Waals surface area contributed by atoms with Gasteiger partial charge in [-0.3, -0.25) is 9.59 Å². The van der Waals surface area contributed by atoms with E-state index in [1.165, 1.54) is 0 Å². The van der Waals surface area contributed by atoms with E-state index in [0.29, 0.717) is 18.7 Å². The van der Waals surface area contributed by atoms with Gasteiger partial charge in [-0.1, -0.05) is 6.92 Å². The molecule has 0 atom stereocenters. The van der Waals surface area contributed by atoms with Gasteiger partial charge in [-0.25, -0.2) is 0 Å². The summed E-state index contributed by atoms with van der Waals surface area (Å²) in [7, 11) is 0. The third-order valence-electron chi connectivity index (χ3n) is 3.22. The van der Waals surface area contributed by atoms with Crippen LogP contribution in [-0.2, 0) is 4.79 Å². The minimum atomic E-state index is -0.446. The van der Waals surface area contributed by atoms with Gasteiger partial charge in [0.1, 0.15) is 5.75 Å². The average molecular weight is 306 g/mol. The molecule has 0 spiro atoms. The van der Waals surface area contributed by atoms with Crippen molar-refractivity contribution in [1.29, 1.82) is 0 Å². The van der Waals surface area contributed by atoms with E-state index in [4.69, 9.17) is 10.5 Å². The SMILES string of the molecule is CCCOc1ccc(C(=O)CCC(=O)NC(C)(C)CN)cc1. The highest BCUT2D eigenvalue weighted by Gasteiger charge is 2.18. The van der Waals surface area contributed by atoms with Gasteiger partial charge in [0.15, 0.2) is 5.78 Å². The van der Waals surface area contributed by atoms with Crippen LogP contribution < -0.4 is 15.8 Å². The van der Waals surface area contributed by atoms with Crippen molar-refractivity contribution in [1.82, 2.24) is 5.32 Å². The number of Topliss-reactive ketones (excluding diaryl/α,β-unsaturated/α-hetero) is 1. The van der Waals surface area contributed by atoms with Crippen molar-refractivity contribution in [3.05, 3.63) is 29.8 Å². The highest BCUT2D eigenvalue weighted by atomic mass is 16.5. The van der Waals surface area contributed by atoms with Gasteiger partial charge in [0.05, 0.1) is 6.61 Å². The Kier molecular flexibility index (Phi) is 7.05. The lowest BCUT2D eigenvalue weighted by atomic mass is 10.0. The minimum Gasteiger partial charge on any atom is -0.494 e. The monoisotopic (exact) mass is 306 g/mol. The number of amides is 1. The van der Waals surface area contributed by atoms with Crippen LogP contribution in [0.5, 0.6) is 5.75 Å². The van der Waals surface area contributed by atoms with E-state index in [2.05, 4.69) is 5.32 Å². The van der Waals surface area contributed by atoms with E-state index < -0.39 is 5.54 Å². The third-order valence-corrected chi connectivity index (χ3v) is 3.22. The summed E-state index contributed by atoms with van der Waals surface area (Å²) >= 11 is 0. The van der Waals surface area contributed by atoms with Crippen molar-refractivity contribution in [2.75, 3.05) is 13.2 Å². The van der Waals surface area contributed by atoms with E-state index in [1.807, 2.05) is 20.8 Å². The summed E-state index contributed by atoms with van der Waals surface area (Å²) in [5, 5.41) is 2.81. The molecule has 22 heavy (non-hydrogen) atoms. The van der Waals surface area contributed by atoms with E-state index in [-0.39, 0.29) is 24.5 Å². The minimum absolute atomic E-state index is 0.0530. The van der Waals surface area contributed by atoms with Gasteiger partial charge in [-0.15, -0.1) is 0 Å². The Bertz CT molecular complexity index is 495. The molecule has 1 aromatic rings. The van der Waals surface area contributed by atoms with Crippen LogP contribution >= 0.6 is 0 Å². The first-order chi connectivity index (χ1) is 10.4. The maximum absolute atomic E-state index is 12.1. The summed E-state index contributed by atoms with van der Waals surface area (Å²) in [6, 6.07) is 7.02. The van der Waals surface area contributed by atoms with Gasteiger partial charge >= 0.3 is 0 Å². The highest BCUT2D eigenvalue weighted by molar-refractivity contribution is 5.98. The Morgan fingerprint density at radius 2 is 1.82 bits per heavy atom. The van der Waals surface area contributed by atoms with Crippen molar-refractivity contribution in [2.45, 2.75) is 45.6 Å². The molecule has 5 nitrogen and oxygen atoms in total. The molecule has 1 aromatic carbocycles. The van der Waals surface area contributed by atoms with Crippen LogP contribution in [0.25, 0.3) is 0 Å². The number of ketones is 1. The van der Waals surface area contributed by atoms with Gasteiger partial charge < -0.3 is 15.8 Å². The van der Waals surface area contributed by atoms with Crippen LogP contribution in [0.3, 0.4) is 0 Å². The molecule has 0 heterocycles. The van der Waals surface area contributed by atoms with Crippen LogP contribution in [-0.4, -0.2) is 30.4 Å². The summed E-state index contributed by atoms with van der Waals surface area (Å²) in [6.07, 6.45) is 1.28. The molecule has 0 aliphatic heterocycles. The molecule has 0 aromatic heterocycles. The normalized spacial score (nSPS) is 11.1. The molecular formula is C17H26N2O3. The molecule has 0 aliphatic rings. The molecule has 1 amide bonds. The second-order valence-electron chi connectivity index (χ2n) is 5.93. The zero-order valence-electron chi connectivity index (χ0n) is 13.6. The molecule has 0 saturated heterocycles. The number of carbonyl (C=O) groups excluding carboxylic acids is 2. The number of hydrogen-bond donors (Lipinski definition) is 2. The number of nitrogens with two attached hydrogens (primary N) is 1. The molecule has 1 rings (SSSR count). The Morgan fingerprint density at radius 1 is 1.18 bits per heavy atom. The number of ether oxygens (including phenoxy) is 1. The lowest BCUT2D eigenvalue weighted by Gasteiger charge is -2.24. The smallest absolute Gasteiger partial charge is 0.220 e. The van der Waals surface area contributed by atoms with E-state index in [0.717, 1.165) is 12.2 Å². The zero-order chi connectivity index (χ0) is 16.6. The molecule has 0 fully saturated rings. The van der Waals surface area contributed by atoms with Gasteiger partial charge in [-0.05, 0) is 44.5 Å². The average Bonchev–Trinajstić information content (AvgIpc) is 2.50. The summed E-state index contributed by atoms with van der Waals surface area (Å²) in [6.45, 7) is 6.74. The first kappa shape index (κ1) is 18.2. The van der Waals surface area contributed by atoms with E-state index in [1.54, 1.807) is 24.3 Å². The van der Waals surface area contributed by atoms with E-state index >= 15 is 0 Å². The second-order valence-corrected chi connectivity index (χ2v) is 5.93. The van der Waals surface area contributed by atoms with Crippen molar-refractivity contribution < 1.29 is 14.3 Å². The van der Waals surface area contributed by atoms with Crippen molar-refractivity contribution in [2.24, 2.45) is 5.73 Å². The largest absolute Gasteiger partial charge is 0.494 e. The molecule has 0 bridgehead atoms. The molecule has 0 unspecified atom stereocenters. The van der Waals surface area contributed by atoms with Crippen molar-refractivity contribution in [3.63, 3.8) is 0 Å². The Hall–Kier alpha value is -1.88. The third kappa shape index (κ3) is 6.26. The Morgan fingerprint density at radius 3 is 2.36 bits per heavy atom. The second kappa shape index (κ2) is 8.54. The molecule has 122 valence electrons. The first-order valence-corrected chi connectivity index (χ1v) is 7.65. The summed E-state index contributed by atoms with van der Waals surface area (Å²) in [5.74, 6) is 0.537. The summed E-state index contributed by atoms with van der Waals surface area (Å²) < 4.78 is 5.47. The van der Waals surface area contributed by atoms with Crippen LogP contribution in [0, 0.1) is 0 Å². The van der Waals surface area contributed by atoms with Gasteiger partial charge in [0.2, 0.25) is 5.91 Å². The van der Waals surface area contributed by atoms with Gasteiger partial charge in [0, 0.05) is 30.5 Å². The van der Waals surface area contributed by atoms with Gasteiger partial charge in [0.25, 0.3) is 0 Å². The Balaban J connectivity index is 2.46. The van der Waals surface area contributed by atoms with Crippen LogP contribution in [0.4, 0.5) is 0 Å². The van der Waals surface area contributed by atoms with Crippen LogP contribution in [0.1, 0.15) is 50.4 Å². The van der Waals surface area contributed by atoms with Crippen LogP contribution in [0.2, 0.25) is 0 Å². The van der Waals surface area contributed by atoms with Crippen molar-refractivity contribution in [3.8, 4) is 5.75 Å². The van der Waals surface area contributed by atoms with Crippen LogP contribution in [0.15, 0.2) is 24.3 Å². The maximum Gasteiger partial charge on any atom is 0.220 e. The molecule has 0 saturated carbocycles. The standard InChI is InChI=1S/C17H26N2O3/c1-4-11-22-14-7-5-13(6-8-14)15(20)9-10-16(21)19-17(2,3)12-18/h5-8H,4,9-12,18H2,1-3H3,(H,19,21). The topological polar surface area (TPSA) is 81.4 Å². The fraction of sp³-hybridized carbons (Fsp3) is 0.529. The van der Waals surface area contributed by atoms with Crippen molar-refractivity contribution >= 4 is 11.7 Å². The predicted octanol–water partition coefficient (Wildman–Crippen LogP) is 2.29. The first-order valence-electron chi connectivity index (χ1n) is 7.65. The van der Waals surface area contributed by atoms with Gasteiger partial charge in [-0.2, -0.15) is 0 Å². The van der Waals surface area contributed by atoms with E-state index in [9.17, 15) is 9.59 Å². The quantitative estimate of drug-likeness (QED) is 0.686. The highest BCUT2D eigenvalue weighted by Crippen LogP contribution is 2.14. The fourth-order valence-electron chi connectivity index (χ4n) is 1.82. The Labute approximate surface area is 132 Å². The molecule has 3 N–H and O–H groups in total. The maximum atomic E-state index is 12.1. The molecule has 5 heteroatoms. The number of hydrogen-bond acceptors (Lipinski definition) is 4. The summed E-state index contributed by atoms with van der Waals surface area (Å²) in [4.78, 5) is 23.9. The number of benzene rings is 1. The molecule has 0 aliphatic carbocycles.